The number of H-pyrrole nitrogens is 1. The third kappa shape index (κ3) is 3.93. The van der Waals surface area contributed by atoms with E-state index in [2.05, 4.69) is 4.98 Å². The summed E-state index contributed by atoms with van der Waals surface area (Å²) in [5.41, 5.74) is -0.0114. The topological polar surface area (TPSA) is 90.5 Å². The third-order valence-corrected chi connectivity index (χ3v) is 4.05. The Morgan fingerprint density at radius 3 is 2.90 bits per heavy atom. The first-order chi connectivity index (χ1) is 9.97. The minimum Gasteiger partial charge on any atom is -0.481 e. The first-order valence-corrected chi connectivity index (χ1v) is 7.18. The standard InChI is InChI=1S/C15H20N2O4/c1-10(8-14(19)20)11-4-3-7-17(9-11)15(21)12-5-2-6-13(18)16-12/h2,5-6,10-11H,3-4,7-9H2,1H3,(H,16,18)(H,19,20). The maximum Gasteiger partial charge on any atom is 0.303 e. The van der Waals surface area contributed by atoms with Crippen molar-refractivity contribution < 1.29 is 14.7 Å². The van der Waals surface area contributed by atoms with Crippen LogP contribution in [0.3, 0.4) is 0 Å². The Morgan fingerprint density at radius 2 is 2.24 bits per heavy atom. The average Bonchev–Trinajstić information content (AvgIpc) is 2.46. The molecule has 2 rings (SSSR count). The molecular weight excluding hydrogens is 272 g/mol. The highest BCUT2D eigenvalue weighted by Crippen LogP contribution is 2.26. The van der Waals surface area contributed by atoms with Crippen LogP contribution in [0.4, 0.5) is 0 Å². The molecule has 2 heterocycles. The zero-order chi connectivity index (χ0) is 15.4. The Labute approximate surface area is 122 Å². The number of nitrogens with one attached hydrogen (secondary N) is 1. The Bertz CT molecular complexity index is 581. The van der Waals surface area contributed by atoms with Crippen LogP contribution in [0.5, 0.6) is 0 Å². The fourth-order valence-electron chi connectivity index (χ4n) is 2.84. The van der Waals surface area contributed by atoms with Gasteiger partial charge in [0.1, 0.15) is 5.69 Å². The Morgan fingerprint density at radius 1 is 1.48 bits per heavy atom. The highest BCUT2D eigenvalue weighted by Gasteiger charge is 2.29. The number of nitrogens with zero attached hydrogens (tertiary/aromatic N) is 1. The molecule has 0 radical (unpaired) electrons. The maximum atomic E-state index is 12.4. The van der Waals surface area contributed by atoms with Gasteiger partial charge in [-0.1, -0.05) is 13.0 Å². The van der Waals surface area contributed by atoms with Crippen molar-refractivity contribution in [3.63, 3.8) is 0 Å². The van der Waals surface area contributed by atoms with Crippen LogP contribution in [0.25, 0.3) is 0 Å². The summed E-state index contributed by atoms with van der Waals surface area (Å²) < 4.78 is 0. The smallest absolute Gasteiger partial charge is 0.303 e. The molecule has 114 valence electrons. The highest BCUT2D eigenvalue weighted by atomic mass is 16.4. The number of aromatic nitrogens is 1. The fourth-order valence-corrected chi connectivity index (χ4v) is 2.84. The largest absolute Gasteiger partial charge is 0.481 e. The molecular formula is C15H20N2O4. The van der Waals surface area contributed by atoms with Crippen molar-refractivity contribution >= 4 is 11.9 Å². The number of likely N-dealkylation sites (tertiary alicyclic amines) is 1. The summed E-state index contributed by atoms with van der Waals surface area (Å²) in [6.07, 6.45) is 1.91. The Kier molecular flexibility index (Phi) is 4.77. The number of aliphatic carboxylic acids is 1. The summed E-state index contributed by atoms with van der Waals surface area (Å²) in [6.45, 7) is 3.10. The van der Waals surface area contributed by atoms with Crippen molar-refractivity contribution in [3.8, 4) is 0 Å². The van der Waals surface area contributed by atoms with E-state index < -0.39 is 5.97 Å². The third-order valence-electron chi connectivity index (χ3n) is 4.05. The molecule has 1 amide bonds. The van der Waals surface area contributed by atoms with Gasteiger partial charge in [-0.25, -0.2) is 0 Å². The molecule has 6 nitrogen and oxygen atoms in total. The molecule has 6 heteroatoms. The number of rotatable bonds is 4. The monoisotopic (exact) mass is 292 g/mol. The molecule has 2 N–H and O–H groups in total. The van der Waals surface area contributed by atoms with E-state index in [4.69, 9.17) is 5.11 Å². The van der Waals surface area contributed by atoms with Gasteiger partial charge in [-0.2, -0.15) is 0 Å². The lowest BCUT2D eigenvalue weighted by atomic mass is 9.84. The van der Waals surface area contributed by atoms with Crippen molar-refractivity contribution in [2.75, 3.05) is 13.1 Å². The number of hydrogen-bond acceptors (Lipinski definition) is 3. The number of pyridine rings is 1. The predicted molar refractivity (Wildman–Crippen MR) is 77.1 cm³/mol. The van der Waals surface area contributed by atoms with E-state index >= 15 is 0 Å². The van der Waals surface area contributed by atoms with Crippen LogP contribution in [0.1, 0.15) is 36.7 Å². The van der Waals surface area contributed by atoms with Crippen LogP contribution in [-0.4, -0.2) is 40.0 Å². The zero-order valence-corrected chi connectivity index (χ0v) is 12.0. The molecule has 2 unspecified atom stereocenters. The van der Waals surface area contributed by atoms with Gasteiger partial charge in [0.25, 0.3) is 5.91 Å². The van der Waals surface area contributed by atoms with Gasteiger partial charge >= 0.3 is 5.97 Å². The number of carboxylic acids is 1. The van der Waals surface area contributed by atoms with Gasteiger partial charge in [0.15, 0.2) is 0 Å². The normalized spacial score (nSPS) is 20.0. The number of amides is 1. The second kappa shape index (κ2) is 6.56. The van der Waals surface area contributed by atoms with Gasteiger partial charge in [-0.15, -0.1) is 0 Å². The molecule has 0 aromatic carbocycles. The summed E-state index contributed by atoms with van der Waals surface area (Å²) in [7, 11) is 0. The van der Waals surface area contributed by atoms with Crippen molar-refractivity contribution in [1.82, 2.24) is 9.88 Å². The first-order valence-electron chi connectivity index (χ1n) is 7.18. The van der Waals surface area contributed by atoms with Crippen LogP contribution < -0.4 is 5.56 Å². The predicted octanol–water partition coefficient (Wildman–Crippen LogP) is 1.34. The van der Waals surface area contributed by atoms with E-state index in [-0.39, 0.29) is 35.4 Å². The molecule has 21 heavy (non-hydrogen) atoms. The zero-order valence-electron chi connectivity index (χ0n) is 12.0. The molecule has 0 spiro atoms. The van der Waals surface area contributed by atoms with E-state index in [1.807, 2.05) is 6.92 Å². The molecule has 1 aliphatic rings. The summed E-state index contributed by atoms with van der Waals surface area (Å²) in [6, 6.07) is 4.51. The lowest BCUT2D eigenvalue weighted by Crippen LogP contribution is -2.42. The van der Waals surface area contributed by atoms with Crippen molar-refractivity contribution in [2.45, 2.75) is 26.2 Å². The SMILES string of the molecule is CC(CC(=O)O)C1CCCN(C(=O)c2cccc(=O)[nH]2)C1. The van der Waals surface area contributed by atoms with Crippen LogP contribution in [-0.2, 0) is 4.79 Å². The first kappa shape index (κ1) is 15.3. The van der Waals surface area contributed by atoms with Gasteiger partial charge < -0.3 is 15.0 Å². The van der Waals surface area contributed by atoms with Gasteiger partial charge in [0.2, 0.25) is 5.56 Å². The van der Waals surface area contributed by atoms with E-state index in [1.54, 1.807) is 17.0 Å². The molecule has 1 aromatic rings. The second-order valence-corrected chi connectivity index (χ2v) is 5.66. The van der Waals surface area contributed by atoms with E-state index in [0.717, 1.165) is 12.8 Å². The molecule has 0 bridgehead atoms. The van der Waals surface area contributed by atoms with E-state index in [9.17, 15) is 14.4 Å². The summed E-state index contributed by atoms with van der Waals surface area (Å²) in [4.78, 5) is 38.7. The van der Waals surface area contributed by atoms with Gasteiger partial charge in [0.05, 0.1) is 0 Å². The van der Waals surface area contributed by atoms with Crippen LogP contribution in [0, 0.1) is 11.8 Å². The molecule has 0 aliphatic carbocycles. The number of piperidine rings is 1. The molecule has 1 aromatic heterocycles. The van der Waals surface area contributed by atoms with Crippen molar-refractivity contribution in [1.29, 1.82) is 0 Å². The Balaban J connectivity index is 2.05. The molecule has 0 saturated carbocycles. The minimum atomic E-state index is -0.807. The summed E-state index contributed by atoms with van der Waals surface area (Å²) >= 11 is 0. The number of hydrogen-bond donors (Lipinski definition) is 2. The van der Waals surface area contributed by atoms with E-state index in [1.165, 1.54) is 6.07 Å². The van der Waals surface area contributed by atoms with Crippen molar-refractivity contribution in [3.05, 3.63) is 34.2 Å². The van der Waals surface area contributed by atoms with Crippen molar-refractivity contribution in [2.24, 2.45) is 11.8 Å². The highest BCUT2D eigenvalue weighted by molar-refractivity contribution is 5.92. The molecule has 1 saturated heterocycles. The van der Waals surface area contributed by atoms with Gasteiger partial charge in [-0.3, -0.25) is 14.4 Å². The van der Waals surface area contributed by atoms with E-state index in [0.29, 0.717) is 13.1 Å². The second-order valence-electron chi connectivity index (χ2n) is 5.66. The van der Waals surface area contributed by atoms with Crippen LogP contribution >= 0.6 is 0 Å². The molecule has 1 aliphatic heterocycles. The molecule has 1 fully saturated rings. The van der Waals surface area contributed by atoms with Gasteiger partial charge in [-0.05, 0) is 30.7 Å². The minimum absolute atomic E-state index is 0.0351. The van der Waals surface area contributed by atoms with Gasteiger partial charge in [0, 0.05) is 25.6 Å². The van der Waals surface area contributed by atoms with Crippen LogP contribution in [0.15, 0.2) is 23.0 Å². The Hall–Kier alpha value is -2.11. The lowest BCUT2D eigenvalue weighted by Gasteiger charge is -2.35. The lowest BCUT2D eigenvalue weighted by molar-refractivity contribution is -0.138. The van der Waals surface area contributed by atoms with Crippen LogP contribution in [0.2, 0.25) is 0 Å². The molecule has 2 atom stereocenters. The summed E-state index contributed by atoms with van der Waals surface area (Å²) in [5.74, 6) is -0.777. The number of carbonyl (C=O) groups is 2. The summed E-state index contributed by atoms with van der Waals surface area (Å²) in [5, 5.41) is 8.88. The maximum absolute atomic E-state index is 12.4. The average molecular weight is 292 g/mol. The number of aromatic amines is 1. The number of carboxylic acid groups (broad SMARTS) is 1. The fraction of sp³-hybridized carbons (Fsp3) is 0.533. The number of carbonyl (C=O) groups excluding carboxylic acids is 1. The quantitative estimate of drug-likeness (QED) is 0.876.